The molecule has 0 aromatic carbocycles. The largest absolute Gasteiger partial charge is 0.354 e. The van der Waals surface area contributed by atoms with Crippen LogP contribution in [-0.4, -0.2) is 18.2 Å². The van der Waals surface area contributed by atoms with Gasteiger partial charge >= 0.3 is 5.69 Å². The number of fused-ring (bicyclic) bond motifs is 1. The molecule has 0 atom stereocenters. The summed E-state index contributed by atoms with van der Waals surface area (Å²) in [5.41, 5.74) is -0.863. The van der Waals surface area contributed by atoms with Crippen molar-refractivity contribution in [2.45, 2.75) is 0 Å². The lowest BCUT2D eigenvalue weighted by molar-refractivity contribution is 0.801. The fourth-order valence-corrected chi connectivity index (χ4v) is 1.24. The molecule has 0 unspecified atom stereocenters. The van der Waals surface area contributed by atoms with Gasteiger partial charge in [0.25, 0.3) is 5.56 Å². The van der Waals surface area contributed by atoms with Gasteiger partial charge in [0.15, 0.2) is 0 Å². The average molecular weight is 231 g/mol. The zero-order valence-corrected chi connectivity index (χ0v) is 7.28. The topological polar surface area (TPSA) is 72.2 Å². The Bertz CT molecular complexity index is 536. The van der Waals surface area contributed by atoms with E-state index < -0.39 is 11.2 Å². The van der Waals surface area contributed by atoms with Crippen LogP contribution in [0.15, 0.2) is 22.0 Å². The van der Waals surface area contributed by atoms with Crippen LogP contribution in [0.2, 0.25) is 0 Å². The van der Waals surface area contributed by atoms with Crippen LogP contribution < -0.4 is 11.2 Å². The Morgan fingerprint density at radius 1 is 1.50 bits per heavy atom. The van der Waals surface area contributed by atoms with Crippen molar-refractivity contribution in [1.29, 1.82) is 0 Å². The Kier molecular flexibility index (Phi) is 1.40. The van der Waals surface area contributed by atoms with E-state index in [2.05, 4.69) is 26.1 Å². The van der Waals surface area contributed by atoms with Crippen molar-refractivity contribution in [1.82, 2.24) is 18.2 Å². The van der Waals surface area contributed by atoms with Gasteiger partial charge < -0.3 is 0 Å². The molecule has 0 aliphatic rings. The number of hydrogen-bond acceptors (Lipinski definition) is 3. The quantitative estimate of drug-likeness (QED) is 0.654. The van der Waals surface area contributed by atoms with Gasteiger partial charge in [-0.25, -0.2) is 14.3 Å². The van der Waals surface area contributed by atoms with Crippen LogP contribution in [0.4, 0.5) is 0 Å². The van der Waals surface area contributed by atoms with Crippen molar-refractivity contribution >= 4 is 21.8 Å². The van der Waals surface area contributed by atoms with Crippen LogP contribution in [0.5, 0.6) is 0 Å². The molecule has 2 heterocycles. The Labute approximate surface area is 73.8 Å². The minimum absolute atomic E-state index is 0.173. The highest BCUT2D eigenvalue weighted by Crippen LogP contribution is 1.91. The number of H-pyrrole nitrogens is 1. The van der Waals surface area contributed by atoms with Crippen LogP contribution in [0.25, 0.3) is 5.65 Å². The van der Waals surface area contributed by atoms with Crippen LogP contribution in [0.1, 0.15) is 0 Å². The smallest absolute Gasteiger partial charge is 0.269 e. The van der Waals surface area contributed by atoms with Crippen molar-refractivity contribution in [3.8, 4) is 0 Å². The third-order valence-corrected chi connectivity index (χ3v) is 2.07. The maximum Gasteiger partial charge on any atom is 0.354 e. The van der Waals surface area contributed by atoms with E-state index in [4.69, 9.17) is 0 Å². The minimum atomic E-state index is -0.537. The molecule has 0 saturated carbocycles. The summed E-state index contributed by atoms with van der Waals surface area (Å²) in [7, 11) is 0. The molecule has 2 rings (SSSR count). The van der Waals surface area contributed by atoms with E-state index >= 15 is 0 Å². The van der Waals surface area contributed by atoms with Crippen molar-refractivity contribution < 1.29 is 0 Å². The first-order chi connectivity index (χ1) is 5.70. The summed E-state index contributed by atoms with van der Waals surface area (Å²) in [6, 6.07) is 0. The van der Waals surface area contributed by atoms with Gasteiger partial charge in [-0.1, -0.05) is 0 Å². The molecule has 12 heavy (non-hydrogen) atoms. The first-order valence-electron chi connectivity index (χ1n) is 3.05. The molecule has 1 N–H and O–H groups in total. The molecular formula is C5H3BrN4O2. The second-order valence-electron chi connectivity index (χ2n) is 2.11. The lowest BCUT2D eigenvalue weighted by Crippen LogP contribution is -2.30. The third-order valence-electron chi connectivity index (χ3n) is 1.40. The summed E-state index contributed by atoms with van der Waals surface area (Å²) in [6.07, 6.45) is 2.93. The Balaban J connectivity index is 3.18. The van der Waals surface area contributed by atoms with Gasteiger partial charge in [0.2, 0.25) is 5.65 Å². The molecule has 2 aromatic rings. The van der Waals surface area contributed by atoms with Crippen molar-refractivity contribution in [3.63, 3.8) is 0 Å². The number of aromatic nitrogens is 4. The highest BCUT2D eigenvalue weighted by atomic mass is 79.9. The standard InChI is InChI=1S/C5H3BrN4O2/c6-10-5(12)8-4(11)3-7-1-2-9(3)10/h1-2H,(H,8,11,12). The van der Waals surface area contributed by atoms with Gasteiger partial charge in [0, 0.05) is 12.4 Å². The normalized spacial score (nSPS) is 10.8. The van der Waals surface area contributed by atoms with Crippen LogP contribution in [0, 0.1) is 0 Å². The summed E-state index contributed by atoms with van der Waals surface area (Å²) in [5.74, 6) is 0. The molecule has 0 amide bonds. The summed E-state index contributed by atoms with van der Waals surface area (Å²) >= 11 is 2.95. The van der Waals surface area contributed by atoms with E-state index in [0.29, 0.717) is 0 Å². The molecule has 0 fully saturated rings. The van der Waals surface area contributed by atoms with E-state index in [9.17, 15) is 9.59 Å². The van der Waals surface area contributed by atoms with Gasteiger partial charge in [-0.05, 0) is 0 Å². The number of aromatic amines is 1. The number of rotatable bonds is 0. The number of nitrogens with one attached hydrogen (secondary N) is 1. The molecule has 0 saturated heterocycles. The first kappa shape index (κ1) is 7.29. The molecule has 2 aromatic heterocycles. The molecule has 0 aliphatic carbocycles. The first-order valence-corrected chi connectivity index (χ1v) is 3.76. The van der Waals surface area contributed by atoms with Crippen molar-refractivity contribution in [3.05, 3.63) is 33.2 Å². The highest BCUT2D eigenvalue weighted by Gasteiger charge is 2.03. The second kappa shape index (κ2) is 2.31. The maximum atomic E-state index is 11.0. The third kappa shape index (κ3) is 0.828. The van der Waals surface area contributed by atoms with E-state index in [0.717, 1.165) is 3.71 Å². The lowest BCUT2D eigenvalue weighted by atomic mass is 10.8. The van der Waals surface area contributed by atoms with Crippen LogP contribution in [0.3, 0.4) is 0 Å². The van der Waals surface area contributed by atoms with Gasteiger partial charge in [0.05, 0.1) is 16.1 Å². The number of imidazole rings is 1. The van der Waals surface area contributed by atoms with Crippen LogP contribution in [-0.2, 0) is 0 Å². The Morgan fingerprint density at radius 3 is 3.00 bits per heavy atom. The molecule has 7 heteroatoms. The van der Waals surface area contributed by atoms with Crippen molar-refractivity contribution in [2.75, 3.05) is 0 Å². The molecule has 0 bridgehead atoms. The van der Waals surface area contributed by atoms with Crippen LogP contribution >= 0.6 is 16.1 Å². The van der Waals surface area contributed by atoms with E-state index in [-0.39, 0.29) is 5.65 Å². The fraction of sp³-hybridized carbons (Fsp3) is 0. The molecule has 6 nitrogen and oxygen atoms in total. The summed E-state index contributed by atoms with van der Waals surface area (Å²) in [4.78, 5) is 27.8. The monoisotopic (exact) mass is 230 g/mol. The lowest BCUT2D eigenvalue weighted by Gasteiger charge is -1.96. The second-order valence-corrected chi connectivity index (χ2v) is 2.79. The number of hydrogen-bond donors (Lipinski definition) is 1. The molecule has 0 spiro atoms. The Morgan fingerprint density at radius 2 is 2.25 bits per heavy atom. The molecule has 62 valence electrons. The summed E-state index contributed by atoms with van der Waals surface area (Å²) in [5, 5.41) is 0. The highest BCUT2D eigenvalue weighted by molar-refractivity contribution is 9.08. The SMILES string of the molecule is O=c1[nH]c(=O)n(Br)n2ccnc12. The Hall–Kier alpha value is -1.37. The molecule has 0 radical (unpaired) electrons. The predicted molar refractivity (Wildman–Crippen MR) is 44.4 cm³/mol. The molecular weight excluding hydrogens is 228 g/mol. The van der Waals surface area contributed by atoms with Gasteiger partial charge in [-0.2, -0.15) is 3.71 Å². The van der Waals surface area contributed by atoms with Gasteiger partial charge in [0.1, 0.15) is 0 Å². The zero-order chi connectivity index (χ0) is 8.72. The zero-order valence-electron chi connectivity index (χ0n) is 5.69. The number of nitrogens with zero attached hydrogens (tertiary/aromatic N) is 3. The minimum Gasteiger partial charge on any atom is -0.269 e. The van der Waals surface area contributed by atoms with Gasteiger partial charge in [-0.3, -0.25) is 9.78 Å². The van der Waals surface area contributed by atoms with E-state index in [1.165, 1.54) is 16.9 Å². The predicted octanol–water partition coefficient (Wildman–Crippen LogP) is -0.658. The summed E-state index contributed by atoms with van der Waals surface area (Å²) < 4.78 is 2.39. The summed E-state index contributed by atoms with van der Waals surface area (Å²) in [6.45, 7) is 0. The number of halogens is 1. The molecule has 0 aliphatic heterocycles. The van der Waals surface area contributed by atoms with Gasteiger partial charge in [-0.15, -0.1) is 0 Å². The average Bonchev–Trinajstić information content (AvgIpc) is 2.48. The van der Waals surface area contributed by atoms with Crippen molar-refractivity contribution in [2.24, 2.45) is 0 Å². The van der Waals surface area contributed by atoms with E-state index in [1.54, 1.807) is 0 Å². The fourth-order valence-electron chi connectivity index (χ4n) is 0.898. The maximum absolute atomic E-state index is 11.0. The van der Waals surface area contributed by atoms with E-state index in [1.807, 2.05) is 0 Å².